The number of ketones is 1. The Morgan fingerprint density at radius 2 is 1.85 bits per heavy atom. The van der Waals surface area contributed by atoms with Gasteiger partial charge in [0.05, 0.1) is 25.8 Å². The topological polar surface area (TPSA) is 97.8 Å². The van der Waals surface area contributed by atoms with Gasteiger partial charge in [0, 0.05) is 24.2 Å². The van der Waals surface area contributed by atoms with Crippen molar-refractivity contribution in [3.05, 3.63) is 53.1 Å². The van der Waals surface area contributed by atoms with Crippen LogP contribution in [0.5, 0.6) is 23.0 Å². The molecule has 2 aromatic carbocycles. The summed E-state index contributed by atoms with van der Waals surface area (Å²) in [5.41, 5.74) is 0.859. The summed E-state index contributed by atoms with van der Waals surface area (Å²) in [5.74, 6) is 0.253. The van der Waals surface area contributed by atoms with E-state index in [0.29, 0.717) is 40.7 Å². The van der Waals surface area contributed by atoms with Crippen molar-refractivity contribution in [1.29, 1.82) is 0 Å². The molecule has 33 heavy (non-hydrogen) atoms. The van der Waals surface area contributed by atoms with E-state index < -0.39 is 17.7 Å². The maximum Gasteiger partial charge on any atom is 0.295 e. The van der Waals surface area contributed by atoms with Crippen molar-refractivity contribution in [3.8, 4) is 23.0 Å². The number of carbonyl (C=O) groups is 2. The van der Waals surface area contributed by atoms with E-state index in [4.69, 9.17) is 18.9 Å². The molecule has 0 spiro atoms. The zero-order valence-corrected chi connectivity index (χ0v) is 19.0. The summed E-state index contributed by atoms with van der Waals surface area (Å²) in [4.78, 5) is 29.7. The molecule has 0 aliphatic carbocycles. The maximum absolute atomic E-state index is 13.2. The molecule has 9 nitrogen and oxygen atoms in total. The quantitative estimate of drug-likeness (QED) is 0.387. The molecular weight excluding hydrogens is 428 g/mol. The van der Waals surface area contributed by atoms with Crippen molar-refractivity contribution >= 4 is 17.4 Å². The van der Waals surface area contributed by atoms with Crippen LogP contribution in [-0.2, 0) is 9.59 Å². The van der Waals surface area contributed by atoms with E-state index in [1.807, 2.05) is 19.0 Å². The van der Waals surface area contributed by atoms with Gasteiger partial charge in [-0.2, -0.15) is 0 Å². The van der Waals surface area contributed by atoms with Crippen molar-refractivity contribution in [2.75, 3.05) is 48.2 Å². The van der Waals surface area contributed by atoms with E-state index >= 15 is 0 Å². The lowest BCUT2D eigenvalue weighted by atomic mass is 9.94. The molecule has 174 valence electrons. The lowest BCUT2D eigenvalue weighted by Crippen LogP contribution is -2.35. The number of hydrogen-bond acceptors (Lipinski definition) is 8. The van der Waals surface area contributed by atoms with Gasteiger partial charge in [0.15, 0.2) is 11.5 Å². The summed E-state index contributed by atoms with van der Waals surface area (Å²) in [5, 5.41) is 11.3. The van der Waals surface area contributed by atoms with Gasteiger partial charge in [-0.05, 0) is 50.5 Å². The van der Waals surface area contributed by atoms with Crippen LogP contribution in [0.2, 0.25) is 0 Å². The second-order valence-electron chi connectivity index (χ2n) is 7.97. The van der Waals surface area contributed by atoms with E-state index in [1.165, 1.54) is 19.1 Å². The van der Waals surface area contributed by atoms with Crippen molar-refractivity contribution in [1.82, 2.24) is 9.80 Å². The van der Waals surface area contributed by atoms with Gasteiger partial charge in [-0.1, -0.05) is 0 Å². The average molecular weight is 454 g/mol. The standard InChI is InChI=1S/C24H26N2O7/c1-25(2)9-10-26-21(16-12-15(30-3)6-8-17(16)31-4)20(23(28)24(26)29)22(27)14-5-7-18-19(11-14)33-13-32-18/h5-8,11-12,21,27H,9-10,13H2,1-4H3/b22-20+. The Hall–Kier alpha value is -3.72. The third-order valence-corrected chi connectivity index (χ3v) is 5.71. The lowest BCUT2D eigenvalue weighted by molar-refractivity contribution is -0.140. The number of aliphatic hydroxyl groups is 1. The minimum Gasteiger partial charge on any atom is -0.507 e. The number of hydrogen-bond donors (Lipinski definition) is 1. The molecule has 1 fully saturated rings. The molecular formula is C24H26N2O7. The van der Waals surface area contributed by atoms with E-state index in [1.54, 1.807) is 36.4 Å². The number of carbonyl (C=O) groups excluding carboxylic acids is 2. The molecule has 1 saturated heterocycles. The third kappa shape index (κ3) is 4.07. The molecule has 1 unspecified atom stereocenters. The Morgan fingerprint density at radius 1 is 1.09 bits per heavy atom. The molecule has 0 bridgehead atoms. The largest absolute Gasteiger partial charge is 0.507 e. The number of likely N-dealkylation sites (tertiary alicyclic amines) is 1. The molecule has 2 heterocycles. The SMILES string of the molecule is COc1ccc(OC)c(C2/C(=C(\O)c3ccc4c(c3)OCO4)C(=O)C(=O)N2CCN(C)C)c1. The van der Waals surface area contributed by atoms with Crippen molar-refractivity contribution in [3.63, 3.8) is 0 Å². The zero-order chi connectivity index (χ0) is 23.7. The van der Waals surface area contributed by atoms with Gasteiger partial charge in [0.2, 0.25) is 6.79 Å². The Balaban J connectivity index is 1.89. The smallest absolute Gasteiger partial charge is 0.295 e. The van der Waals surface area contributed by atoms with E-state index in [9.17, 15) is 14.7 Å². The molecule has 0 radical (unpaired) electrons. The summed E-state index contributed by atoms with van der Waals surface area (Å²) in [6.45, 7) is 0.885. The molecule has 2 aliphatic rings. The van der Waals surface area contributed by atoms with Crippen LogP contribution < -0.4 is 18.9 Å². The maximum atomic E-state index is 13.2. The lowest BCUT2D eigenvalue weighted by Gasteiger charge is -2.28. The Bertz CT molecular complexity index is 1130. The van der Waals surface area contributed by atoms with Crippen LogP contribution in [0.25, 0.3) is 5.76 Å². The molecule has 9 heteroatoms. The van der Waals surface area contributed by atoms with Crippen LogP contribution in [0.3, 0.4) is 0 Å². The van der Waals surface area contributed by atoms with Crippen LogP contribution in [0.1, 0.15) is 17.2 Å². The number of Topliss-reactive ketones (excluding diaryl/α,β-unsaturated/α-hetero) is 1. The molecule has 0 aromatic heterocycles. The molecule has 1 N–H and O–H groups in total. The van der Waals surface area contributed by atoms with Crippen LogP contribution in [0, 0.1) is 0 Å². The van der Waals surface area contributed by atoms with Gasteiger partial charge < -0.3 is 33.9 Å². The molecule has 1 atom stereocenters. The molecule has 2 aliphatic heterocycles. The number of aliphatic hydroxyl groups excluding tert-OH is 1. The van der Waals surface area contributed by atoms with Crippen LogP contribution in [0.4, 0.5) is 0 Å². The van der Waals surface area contributed by atoms with Crippen LogP contribution in [-0.4, -0.2) is 74.8 Å². The van der Waals surface area contributed by atoms with Crippen molar-refractivity contribution < 1.29 is 33.6 Å². The summed E-state index contributed by atoms with van der Waals surface area (Å²) < 4.78 is 21.6. The highest BCUT2D eigenvalue weighted by molar-refractivity contribution is 6.46. The number of nitrogens with zero attached hydrogens (tertiary/aromatic N) is 2. The second-order valence-corrected chi connectivity index (χ2v) is 7.97. The highest BCUT2D eigenvalue weighted by atomic mass is 16.7. The fraction of sp³-hybridized carbons (Fsp3) is 0.333. The Kier molecular flexibility index (Phi) is 6.15. The van der Waals surface area contributed by atoms with Gasteiger partial charge in [0.1, 0.15) is 17.3 Å². The van der Waals surface area contributed by atoms with Gasteiger partial charge in [-0.25, -0.2) is 0 Å². The second kappa shape index (κ2) is 9.03. The molecule has 1 amide bonds. The fourth-order valence-corrected chi connectivity index (χ4v) is 3.99. The van der Waals surface area contributed by atoms with Crippen molar-refractivity contribution in [2.45, 2.75) is 6.04 Å². The summed E-state index contributed by atoms with van der Waals surface area (Å²) >= 11 is 0. The number of rotatable bonds is 7. The number of methoxy groups -OCH3 is 2. The van der Waals surface area contributed by atoms with Gasteiger partial charge in [0.25, 0.3) is 11.7 Å². The molecule has 2 aromatic rings. The predicted octanol–water partition coefficient (Wildman–Crippen LogP) is 2.42. The van der Waals surface area contributed by atoms with E-state index in [-0.39, 0.29) is 24.7 Å². The Labute approximate surface area is 191 Å². The number of ether oxygens (including phenoxy) is 4. The minimum absolute atomic E-state index is 0.0239. The summed E-state index contributed by atoms with van der Waals surface area (Å²) in [6, 6.07) is 9.15. The number of likely N-dealkylation sites (N-methyl/N-ethyl adjacent to an activating group) is 1. The van der Waals surface area contributed by atoms with Gasteiger partial charge in [-0.3, -0.25) is 9.59 Å². The highest BCUT2D eigenvalue weighted by Gasteiger charge is 2.47. The first kappa shape index (κ1) is 22.5. The van der Waals surface area contributed by atoms with Gasteiger partial charge in [-0.15, -0.1) is 0 Å². The summed E-state index contributed by atoms with van der Waals surface area (Å²) in [7, 11) is 6.80. The first-order valence-corrected chi connectivity index (χ1v) is 10.4. The Morgan fingerprint density at radius 3 is 2.55 bits per heavy atom. The van der Waals surface area contributed by atoms with Crippen LogP contribution >= 0.6 is 0 Å². The zero-order valence-electron chi connectivity index (χ0n) is 19.0. The average Bonchev–Trinajstić information content (AvgIpc) is 3.38. The fourth-order valence-electron chi connectivity index (χ4n) is 3.99. The molecule has 4 rings (SSSR count). The van der Waals surface area contributed by atoms with Crippen LogP contribution in [0.15, 0.2) is 42.0 Å². The van der Waals surface area contributed by atoms with Gasteiger partial charge >= 0.3 is 0 Å². The first-order chi connectivity index (χ1) is 15.8. The van der Waals surface area contributed by atoms with Crippen molar-refractivity contribution in [2.24, 2.45) is 0 Å². The number of amides is 1. The minimum atomic E-state index is -0.861. The summed E-state index contributed by atoms with van der Waals surface area (Å²) in [6.07, 6.45) is 0. The number of fused-ring (bicyclic) bond motifs is 1. The highest BCUT2D eigenvalue weighted by Crippen LogP contribution is 2.44. The normalized spacial score (nSPS) is 18.8. The van der Waals surface area contributed by atoms with E-state index in [2.05, 4.69) is 0 Å². The van der Waals surface area contributed by atoms with E-state index in [0.717, 1.165) is 0 Å². The number of benzene rings is 2. The third-order valence-electron chi connectivity index (χ3n) is 5.71. The monoisotopic (exact) mass is 454 g/mol. The first-order valence-electron chi connectivity index (χ1n) is 10.4. The molecule has 0 saturated carbocycles. The predicted molar refractivity (Wildman–Crippen MR) is 120 cm³/mol.